The van der Waals surface area contributed by atoms with Gasteiger partial charge in [-0.05, 0) is 49.9 Å². The molecular formula is C25H34N2O7. The number of methoxy groups -OCH3 is 1. The molecule has 3 fully saturated rings. The molecule has 7 atom stereocenters. The summed E-state index contributed by atoms with van der Waals surface area (Å²) in [5.74, 6) is -2.15. The Kier molecular flexibility index (Phi) is 6.87. The van der Waals surface area contributed by atoms with Crippen LogP contribution < -0.4 is 10.1 Å². The van der Waals surface area contributed by atoms with Gasteiger partial charge in [0.1, 0.15) is 17.4 Å². The van der Waals surface area contributed by atoms with E-state index in [0.717, 1.165) is 0 Å². The summed E-state index contributed by atoms with van der Waals surface area (Å²) >= 11 is 0. The molecule has 1 aromatic carbocycles. The van der Waals surface area contributed by atoms with E-state index in [9.17, 15) is 19.5 Å². The van der Waals surface area contributed by atoms with Crippen molar-refractivity contribution in [1.29, 1.82) is 0 Å². The van der Waals surface area contributed by atoms with Gasteiger partial charge in [0.25, 0.3) is 0 Å². The summed E-state index contributed by atoms with van der Waals surface area (Å²) in [6, 6.07) is 5.37. The van der Waals surface area contributed by atoms with E-state index in [2.05, 4.69) is 5.32 Å². The third-order valence-corrected chi connectivity index (χ3v) is 7.75. The number of likely N-dealkylation sites (tertiary alicyclic amines) is 1. The molecule has 0 aliphatic carbocycles. The SMILES string of the molecule is CCOC(=O)[C@@H]1[C@@H]2CC[C@]3(O2)[C@H](C(=O)Nc2ccc(OC)cc2)N([C@@H](CO)[C@@H](C)CC)C(=O)[C@@H]13. The molecule has 0 saturated carbocycles. The summed E-state index contributed by atoms with van der Waals surface area (Å²) in [5.41, 5.74) is -0.576. The van der Waals surface area contributed by atoms with Crippen LogP contribution in [0.15, 0.2) is 24.3 Å². The topological polar surface area (TPSA) is 114 Å². The monoisotopic (exact) mass is 474 g/mol. The zero-order valence-corrected chi connectivity index (χ0v) is 20.2. The van der Waals surface area contributed by atoms with Gasteiger partial charge >= 0.3 is 5.97 Å². The number of nitrogens with one attached hydrogen (secondary N) is 1. The first-order valence-electron chi connectivity index (χ1n) is 12.0. The molecule has 4 rings (SSSR count). The molecule has 9 nitrogen and oxygen atoms in total. The Morgan fingerprint density at radius 2 is 2.00 bits per heavy atom. The van der Waals surface area contributed by atoms with Crippen molar-refractivity contribution in [2.45, 2.75) is 63.8 Å². The van der Waals surface area contributed by atoms with Crippen LogP contribution in [-0.4, -0.2) is 71.9 Å². The number of aliphatic hydroxyl groups excluding tert-OH is 1. The molecule has 3 heterocycles. The van der Waals surface area contributed by atoms with Crippen LogP contribution in [0.25, 0.3) is 0 Å². The molecule has 186 valence electrons. The predicted molar refractivity (Wildman–Crippen MR) is 123 cm³/mol. The lowest BCUT2D eigenvalue weighted by molar-refractivity contribution is -0.155. The van der Waals surface area contributed by atoms with Gasteiger partial charge < -0.3 is 29.5 Å². The predicted octanol–water partition coefficient (Wildman–Crippen LogP) is 1.98. The second-order valence-corrected chi connectivity index (χ2v) is 9.41. The Hall–Kier alpha value is -2.65. The van der Waals surface area contributed by atoms with E-state index in [0.29, 0.717) is 30.7 Å². The number of nitrogens with zero attached hydrogens (tertiary/aromatic N) is 1. The molecule has 3 saturated heterocycles. The normalized spacial score (nSPS) is 31.2. The van der Waals surface area contributed by atoms with Crippen LogP contribution in [-0.2, 0) is 23.9 Å². The molecule has 2 N–H and O–H groups in total. The van der Waals surface area contributed by atoms with E-state index in [-0.39, 0.29) is 25.0 Å². The number of rotatable bonds is 9. The maximum absolute atomic E-state index is 13.9. The number of esters is 1. The Morgan fingerprint density at radius 3 is 2.59 bits per heavy atom. The Labute approximate surface area is 199 Å². The first kappa shape index (κ1) is 24.5. The van der Waals surface area contributed by atoms with Crippen LogP contribution in [0.4, 0.5) is 5.69 Å². The minimum atomic E-state index is -1.13. The zero-order chi connectivity index (χ0) is 24.6. The highest BCUT2D eigenvalue weighted by Gasteiger charge is 2.75. The molecule has 0 radical (unpaired) electrons. The Bertz CT molecular complexity index is 936. The van der Waals surface area contributed by atoms with Crippen molar-refractivity contribution in [3.8, 4) is 5.75 Å². The molecule has 0 aromatic heterocycles. The van der Waals surface area contributed by atoms with Gasteiger partial charge in [-0.25, -0.2) is 0 Å². The maximum Gasteiger partial charge on any atom is 0.312 e. The second kappa shape index (κ2) is 9.54. The highest BCUT2D eigenvalue weighted by Crippen LogP contribution is 2.59. The fourth-order valence-corrected chi connectivity index (χ4v) is 5.95. The van der Waals surface area contributed by atoms with E-state index in [1.54, 1.807) is 38.3 Å². The minimum Gasteiger partial charge on any atom is -0.497 e. The van der Waals surface area contributed by atoms with Crippen LogP contribution in [0.1, 0.15) is 40.0 Å². The highest BCUT2D eigenvalue weighted by molar-refractivity contribution is 6.03. The third kappa shape index (κ3) is 3.75. The van der Waals surface area contributed by atoms with Crippen molar-refractivity contribution >= 4 is 23.5 Å². The molecule has 1 aromatic rings. The Balaban J connectivity index is 1.73. The van der Waals surface area contributed by atoms with E-state index in [1.165, 1.54) is 4.90 Å². The molecule has 3 aliphatic rings. The van der Waals surface area contributed by atoms with E-state index < -0.39 is 47.5 Å². The van der Waals surface area contributed by atoms with Crippen LogP contribution in [0.3, 0.4) is 0 Å². The summed E-state index contributed by atoms with van der Waals surface area (Å²) in [6.45, 7) is 5.55. The quantitative estimate of drug-likeness (QED) is 0.526. The van der Waals surface area contributed by atoms with Crippen molar-refractivity contribution in [3.63, 3.8) is 0 Å². The van der Waals surface area contributed by atoms with Gasteiger partial charge in [-0.15, -0.1) is 0 Å². The van der Waals surface area contributed by atoms with Crippen LogP contribution in [0.5, 0.6) is 5.75 Å². The largest absolute Gasteiger partial charge is 0.497 e. The lowest BCUT2D eigenvalue weighted by Gasteiger charge is -2.38. The van der Waals surface area contributed by atoms with E-state index >= 15 is 0 Å². The van der Waals surface area contributed by atoms with Crippen molar-refractivity contribution < 1.29 is 33.7 Å². The number of ether oxygens (including phenoxy) is 3. The number of carbonyl (C=O) groups is 3. The van der Waals surface area contributed by atoms with Crippen LogP contribution in [0, 0.1) is 17.8 Å². The number of hydrogen-bond acceptors (Lipinski definition) is 7. The molecule has 3 aliphatic heterocycles. The van der Waals surface area contributed by atoms with Crippen molar-refractivity contribution in [3.05, 3.63) is 24.3 Å². The van der Waals surface area contributed by atoms with Gasteiger partial charge in [-0.2, -0.15) is 0 Å². The average Bonchev–Trinajstić information content (AvgIpc) is 3.48. The average molecular weight is 475 g/mol. The number of anilines is 1. The summed E-state index contributed by atoms with van der Waals surface area (Å²) < 4.78 is 16.8. The standard InChI is InChI=1S/C25H34N2O7/c1-5-14(3)17(13-28)27-21(22(29)26-15-7-9-16(32-4)10-8-15)25-12-11-18(34-25)19(20(25)23(27)30)24(31)33-6-2/h7-10,14,17-21,28H,5-6,11-13H2,1-4H3,(H,26,29)/t14-,17-,18-,19+,20+,21-,25+/m0/s1. The summed E-state index contributed by atoms with van der Waals surface area (Å²) in [6.07, 6.45) is 1.31. The van der Waals surface area contributed by atoms with Crippen molar-refractivity contribution in [1.82, 2.24) is 4.90 Å². The second-order valence-electron chi connectivity index (χ2n) is 9.41. The molecule has 9 heteroatoms. The van der Waals surface area contributed by atoms with E-state index in [1.807, 2.05) is 13.8 Å². The number of amides is 2. The number of aliphatic hydroxyl groups is 1. The fraction of sp³-hybridized carbons (Fsp3) is 0.640. The lowest BCUT2D eigenvalue weighted by atomic mass is 9.70. The molecular weight excluding hydrogens is 440 g/mol. The van der Waals surface area contributed by atoms with Gasteiger partial charge in [-0.3, -0.25) is 14.4 Å². The van der Waals surface area contributed by atoms with Crippen LogP contribution in [0.2, 0.25) is 0 Å². The third-order valence-electron chi connectivity index (χ3n) is 7.75. The number of fused-ring (bicyclic) bond motifs is 1. The first-order chi connectivity index (χ1) is 16.3. The van der Waals surface area contributed by atoms with Gasteiger partial charge in [0.05, 0.1) is 44.3 Å². The lowest BCUT2D eigenvalue weighted by Crippen LogP contribution is -2.57. The maximum atomic E-state index is 13.9. The van der Waals surface area contributed by atoms with Gasteiger partial charge in [-0.1, -0.05) is 20.3 Å². The summed E-state index contributed by atoms with van der Waals surface area (Å²) in [7, 11) is 1.56. The highest BCUT2D eigenvalue weighted by atomic mass is 16.6. The summed E-state index contributed by atoms with van der Waals surface area (Å²) in [5, 5.41) is 13.2. The van der Waals surface area contributed by atoms with Gasteiger partial charge in [0.15, 0.2) is 0 Å². The number of carbonyl (C=O) groups excluding carboxylic acids is 3. The molecule has 1 spiro atoms. The molecule has 0 unspecified atom stereocenters. The molecule has 2 amide bonds. The number of benzene rings is 1. The molecule has 34 heavy (non-hydrogen) atoms. The smallest absolute Gasteiger partial charge is 0.312 e. The minimum absolute atomic E-state index is 0.0568. The zero-order valence-electron chi connectivity index (χ0n) is 20.2. The summed E-state index contributed by atoms with van der Waals surface area (Å²) in [4.78, 5) is 42.0. The van der Waals surface area contributed by atoms with Gasteiger partial charge in [0, 0.05) is 5.69 Å². The molecule has 2 bridgehead atoms. The first-order valence-corrected chi connectivity index (χ1v) is 12.0. The number of hydrogen-bond donors (Lipinski definition) is 2. The van der Waals surface area contributed by atoms with Gasteiger partial charge in [0.2, 0.25) is 11.8 Å². The van der Waals surface area contributed by atoms with Crippen molar-refractivity contribution in [2.75, 3.05) is 25.6 Å². The van der Waals surface area contributed by atoms with E-state index in [4.69, 9.17) is 14.2 Å². The Morgan fingerprint density at radius 1 is 1.29 bits per heavy atom. The fourth-order valence-electron chi connectivity index (χ4n) is 5.95. The van der Waals surface area contributed by atoms with Crippen LogP contribution >= 0.6 is 0 Å². The van der Waals surface area contributed by atoms with Crippen molar-refractivity contribution in [2.24, 2.45) is 17.8 Å².